The topological polar surface area (TPSA) is 94.2 Å². The molecule has 1 N–H and O–H groups in total. The molecule has 0 bridgehead atoms. The van der Waals surface area contributed by atoms with Crippen LogP contribution in [0, 0.1) is 0 Å². The molecule has 8 nitrogen and oxygen atoms in total. The zero-order chi connectivity index (χ0) is 23.1. The highest BCUT2D eigenvalue weighted by molar-refractivity contribution is 7.89. The first-order valence-corrected chi connectivity index (χ1v) is 12.1. The Hall–Kier alpha value is -2.78. The van der Waals surface area contributed by atoms with Gasteiger partial charge in [0.1, 0.15) is 17.3 Å². The summed E-state index contributed by atoms with van der Waals surface area (Å²) in [4.78, 5) is 12.7. The number of methoxy groups -OCH3 is 2. The highest BCUT2D eigenvalue weighted by atomic mass is 32.2. The van der Waals surface area contributed by atoms with Gasteiger partial charge < -0.3 is 19.5 Å². The lowest BCUT2D eigenvalue weighted by molar-refractivity contribution is 0.0946. The van der Waals surface area contributed by atoms with E-state index in [1.807, 2.05) is 19.1 Å². The van der Waals surface area contributed by atoms with Crippen LogP contribution in [-0.4, -0.2) is 58.6 Å². The van der Waals surface area contributed by atoms with Crippen molar-refractivity contribution < 1.29 is 27.4 Å². The van der Waals surface area contributed by atoms with Crippen molar-refractivity contribution in [3.8, 4) is 17.2 Å². The van der Waals surface area contributed by atoms with E-state index < -0.39 is 10.0 Å². The summed E-state index contributed by atoms with van der Waals surface area (Å²) in [7, 11) is -0.810. The molecule has 0 saturated carbocycles. The van der Waals surface area contributed by atoms with Crippen molar-refractivity contribution in [2.75, 3.05) is 33.9 Å². The molecular weight excluding hydrogens is 432 g/mol. The number of carbonyl (C=O) groups is 1. The molecule has 0 unspecified atom stereocenters. The smallest absolute Gasteiger partial charge is 0.251 e. The van der Waals surface area contributed by atoms with E-state index in [1.165, 1.54) is 23.5 Å². The summed E-state index contributed by atoms with van der Waals surface area (Å²) < 4.78 is 44.3. The molecular formula is C23H30N2O6S. The Balaban J connectivity index is 1.69. The number of piperidine rings is 1. The maximum Gasteiger partial charge on any atom is 0.251 e. The summed E-state index contributed by atoms with van der Waals surface area (Å²) in [6, 6.07) is 11.6. The molecule has 2 aromatic rings. The van der Waals surface area contributed by atoms with Crippen LogP contribution in [0.1, 0.15) is 36.5 Å². The Morgan fingerprint density at radius 1 is 1.06 bits per heavy atom. The Morgan fingerprint density at radius 3 is 2.47 bits per heavy atom. The molecule has 2 aromatic carbocycles. The maximum absolute atomic E-state index is 13.3. The van der Waals surface area contributed by atoms with Gasteiger partial charge in [0.05, 0.1) is 20.8 Å². The van der Waals surface area contributed by atoms with Crippen LogP contribution in [0.4, 0.5) is 0 Å². The molecule has 1 amide bonds. The summed E-state index contributed by atoms with van der Waals surface area (Å²) in [5.74, 6) is 1.02. The number of ether oxygens (including phenoxy) is 3. The second-order valence-electron chi connectivity index (χ2n) is 7.58. The minimum atomic E-state index is -3.79. The molecule has 174 valence electrons. The maximum atomic E-state index is 13.3. The van der Waals surface area contributed by atoms with Crippen molar-refractivity contribution in [2.24, 2.45) is 0 Å². The van der Waals surface area contributed by atoms with Crippen molar-refractivity contribution in [1.82, 2.24) is 9.62 Å². The standard InChI is InChI=1S/C23H30N2O6S/c1-17-8-6-7-14-25(17)32(27,28)22-16-18(11-12-21(22)30-3)23(26)24-13-15-31-20-10-5-4-9-19(20)29-2/h4-5,9-12,16-17H,6-8,13-15H2,1-3H3,(H,24,26)/t17-/m1/s1. The summed E-state index contributed by atoms with van der Waals surface area (Å²) in [5, 5.41) is 2.76. The van der Waals surface area contributed by atoms with E-state index in [1.54, 1.807) is 25.3 Å². The minimum absolute atomic E-state index is 0.00618. The summed E-state index contributed by atoms with van der Waals surface area (Å²) in [6.45, 7) is 2.84. The third kappa shape index (κ3) is 5.34. The Bertz CT molecular complexity index is 1040. The molecule has 9 heteroatoms. The average Bonchev–Trinajstić information content (AvgIpc) is 2.81. The first-order valence-electron chi connectivity index (χ1n) is 10.6. The average molecular weight is 463 g/mol. The van der Waals surface area contributed by atoms with Gasteiger partial charge in [-0.25, -0.2) is 8.42 Å². The van der Waals surface area contributed by atoms with Crippen LogP contribution in [-0.2, 0) is 10.0 Å². The van der Waals surface area contributed by atoms with Crippen LogP contribution in [0.5, 0.6) is 17.2 Å². The highest BCUT2D eigenvalue weighted by Gasteiger charge is 2.33. The fraction of sp³-hybridized carbons (Fsp3) is 0.435. The van der Waals surface area contributed by atoms with Gasteiger partial charge >= 0.3 is 0 Å². The highest BCUT2D eigenvalue weighted by Crippen LogP contribution is 2.31. The first-order chi connectivity index (χ1) is 15.4. The second kappa shape index (κ2) is 10.7. The Kier molecular flexibility index (Phi) is 7.98. The molecule has 3 rings (SSSR count). The molecule has 1 heterocycles. The summed E-state index contributed by atoms with van der Waals surface area (Å²) in [5.41, 5.74) is 0.242. The largest absolute Gasteiger partial charge is 0.495 e. The van der Waals surface area contributed by atoms with E-state index in [2.05, 4.69) is 5.32 Å². The van der Waals surface area contributed by atoms with E-state index in [0.29, 0.717) is 18.0 Å². The number of nitrogens with zero attached hydrogens (tertiary/aromatic N) is 1. The van der Waals surface area contributed by atoms with Crippen LogP contribution in [0.2, 0.25) is 0 Å². The van der Waals surface area contributed by atoms with Gasteiger partial charge in [-0.3, -0.25) is 4.79 Å². The fourth-order valence-electron chi connectivity index (χ4n) is 3.74. The molecule has 0 aromatic heterocycles. The molecule has 1 fully saturated rings. The number of nitrogens with one attached hydrogen (secondary N) is 1. The van der Waals surface area contributed by atoms with Gasteiger partial charge in [0, 0.05) is 18.2 Å². The van der Waals surface area contributed by atoms with Gasteiger partial charge in [0.15, 0.2) is 11.5 Å². The third-order valence-electron chi connectivity index (χ3n) is 5.47. The van der Waals surface area contributed by atoms with Gasteiger partial charge in [-0.05, 0) is 50.1 Å². The Labute approximate surface area is 189 Å². The number of hydrogen-bond donors (Lipinski definition) is 1. The number of sulfonamides is 1. The number of amides is 1. The van der Waals surface area contributed by atoms with Gasteiger partial charge in [0.25, 0.3) is 5.91 Å². The molecule has 1 aliphatic heterocycles. The molecule has 0 spiro atoms. The summed E-state index contributed by atoms with van der Waals surface area (Å²) in [6.07, 6.45) is 2.63. The normalized spacial score (nSPS) is 16.9. The van der Waals surface area contributed by atoms with Crippen molar-refractivity contribution in [2.45, 2.75) is 37.1 Å². The van der Waals surface area contributed by atoms with Crippen LogP contribution >= 0.6 is 0 Å². The second-order valence-corrected chi connectivity index (χ2v) is 9.44. The third-order valence-corrected chi connectivity index (χ3v) is 7.50. The van der Waals surface area contributed by atoms with Crippen molar-refractivity contribution >= 4 is 15.9 Å². The van der Waals surface area contributed by atoms with Crippen molar-refractivity contribution in [1.29, 1.82) is 0 Å². The fourth-order valence-corrected chi connectivity index (χ4v) is 5.62. The van der Waals surface area contributed by atoms with Crippen LogP contribution in [0.15, 0.2) is 47.4 Å². The summed E-state index contributed by atoms with van der Waals surface area (Å²) >= 11 is 0. The molecule has 0 aliphatic carbocycles. The monoisotopic (exact) mass is 462 g/mol. The number of carbonyl (C=O) groups excluding carboxylic acids is 1. The van der Waals surface area contributed by atoms with Gasteiger partial charge in [-0.1, -0.05) is 18.6 Å². The van der Waals surface area contributed by atoms with E-state index >= 15 is 0 Å². The molecule has 1 atom stereocenters. The van der Waals surface area contributed by atoms with Gasteiger partial charge in [-0.15, -0.1) is 0 Å². The molecule has 0 radical (unpaired) electrons. The predicted octanol–water partition coefficient (Wildman–Crippen LogP) is 3.08. The SMILES string of the molecule is COc1ccccc1OCCNC(=O)c1ccc(OC)c(S(=O)(=O)N2CCCC[C@H]2C)c1. The van der Waals surface area contributed by atoms with Crippen LogP contribution in [0.25, 0.3) is 0 Å². The Morgan fingerprint density at radius 2 is 1.78 bits per heavy atom. The lowest BCUT2D eigenvalue weighted by atomic mass is 10.1. The predicted molar refractivity (Wildman–Crippen MR) is 121 cm³/mol. The molecule has 32 heavy (non-hydrogen) atoms. The van der Waals surface area contributed by atoms with E-state index in [4.69, 9.17) is 14.2 Å². The van der Waals surface area contributed by atoms with E-state index in [9.17, 15) is 13.2 Å². The van der Waals surface area contributed by atoms with Crippen molar-refractivity contribution in [3.63, 3.8) is 0 Å². The number of hydrogen-bond acceptors (Lipinski definition) is 6. The zero-order valence-electron chi connectivity index (χ0n) is 18.7. The quantitative estimate of drug-likeness (QED) is 0.576. The van der Waals surface area contributed by atoms with Crippen LogP contribution in [0.3, 0.4) is 0 Å². The van der Waals surface area contributed by atoms with E-state index in [0.717, 1.165) is 19.3 Å². The number of rotatable bonds is 9. The molecule has 1 saturated heterocycles. The molecule has 1 aliphatic rings. The number of benzene rings is 2. The lowest BCUT2D eigenvalue weighted by Crippen LogP contribution is -2.42. The van der Waals surface area contributed by atoms with Crippen LogP contribution < -0.4 is 19.5 Å². The van der Waals surface area contributed by atoms with Crippen molar-refractivity contribution in [3.05, 3.63) is 48.0 Å². The van der Waals surface area contributed by atoms with Gasteiger partial charge in [-0.2, -0.15) is 4.31 Å². The van der Waals surface area contributed by atoms with Gasteiger partial charge in [0.2, 0.25) is 10.0 Å². The zero-order valence-corrected chi connectivity index (χ0v) is 19.5. The van der Waals surface area contributed by atoms with E-state index in [-0.39, 0.29) is 41.3 Å². The lowest BCUT2D eigenvalue weighted by Gasteiger charge is -2.32. The minimum Gasteiger partial charge on any atom is -0.495 e. The number of para-hydroxylation sites is 2. The first kappa shape index (κ1) is 23.9.